The lowest BCUT2D eigenvalue weighted by atomic mass is 9.70. The van der Waals surface area contributed by atoms with Crippen LogP contribution in [0.4, 0.5) is 24.8 Å². The van der Waals surface area contributed by atoms with Crippen LogP contribution in [-0.2, 0) is 4.79 Å². The van der Waals surface area contributed by atoms with Crippen LogP contribution in [0.2, 0.25) is 0 Å². The van der Waals surface area contributed by atoms with E-state index in [-0.39, 0.29) is 17.2 Å². The molecule has 0 unspecified atom stereocenters. The lowest BCUT2D eigenvalue weighted by Crippen LogP contribution is -2.29. The number of nitrogens with zero attached hydrogens (tertiary/aromatic N) is 2. The standard InChI is InChI=1S/C26H29F3N4O2/c1-16-12-19(15-25(2,3)14-16)33-22-10-4-17(5-11-23(30)34)13-21(22)32-24(33)31-18-6-8-20(9-7-18)35-26(27,28)29/h4-11,13,16,19H,12,14-15H2,1-3H3,(H2,30,34)(H,31,32)/b11-5+/t16-,19-/m0/s1. The van der Waals surface area contributed by atoms with Gasteiger partial charge in [0.05, 0.1) is 11.0 Å². The first kappa shape index (κ1) is 24.6. The third-order valence-corrected chi connectivity index (χ3v) is 6.23. The third-order valence-electron chi connectivity index (χ3n) is 6.23. The van der Waals surface area contributed by atoms with Crippen LogP contribution in [0.5, 0.6) is 5.75 Å². The normalized spacial score (nSPS) is 20.3. The molecule has 9 heteroatoms. The molecular formula is C26H29F3N4O2. The second kappa shape index (κ2) is 9.28. The minimum absolute atomic E-state index is 0.164. The molecule has 1 heterocycles. The molecule has 3 N–H and O–H groups in total. The Hall–Kier alpha value is -3.49. The molecule has 3 aromatic rings. The molecule has 1 aromatic heterocycles. The summed E-state index contributed by atoms with van der Waals surface area (Å²) < 4.78 is 43.7. The highest BCUT2D eigenvalue weighted by atomic mass is 19.4. The van der Waals surface area contributed by atoms with Gasteiger partial charge in [-0.05, 0) is 78.6 Å². The molecule has 1 aliphatic carbocycles. The number of anilines is 2. The number of carbonyl (C=O) groups is 1. The van der Waals surface area contributed by atoms with Crippen molar-refractivity contribution in [1.29, 1.82) is 0 Å². The lowest BCUT2D eigenvalue weighted by molar-refractivity contribution is -0.274. The molecule has 186 valence electrons. The van der Waals surface area contributed by atoms with Gasteiger partial charge in [-0.25, -0.2) is 4.98 Å². The number of aromatic nitrogens is 2. The van der Waals surface area contributed by atoms with E-state index in [1.54, 1.807) is 6.08 Å². The number of hydrogen-bond acceptors (Lipinski definition) is 4. The van der Waals surface area contributed by atoms with Crippen LogP contribution in [0, 0.1) is 11.3 Å². The first-order valence-corrected chi connectivity index (χ1v) is 11.5. The molecule has 35 heavy (non-hydrogen) atoms. The Labute approximate surface area is 202 Å². The van der Waals surface area contributed by atoms with Gasteiger partial charge in [0, 0.05) is 17.8 Å². The molecule has 2 atom stereocenters. The average molecular weight is 487 g/mol. The summed E-state index contributed by atoms with van der Waals surface area (Å²) in [6.07, 6.45) is 1.30. The fourth-order valence-electron chi connectivity index (χ4n) is 5.22. The van der Waals surface area contributed by atoms with E-state index in [0.29, 0.717) is 17.6 Å². The van der Waals surface area contributed by atoms with E-state index in [2.05, 4.69) is 35.4 Å². The second-order valence-electron chi connectivity index (χ2n) is 10.1. The first-order valence-electron chi connectivity index (χ1n) is 11.5. The zero-order valence-corrected chi connectivity index (χ0v) is 19.9. The number of fused-ring (bicyclic) bond motifs is 1. The lowest BCUT2D eigenvalue weighted by Gasteiger charge is -2.40. The number of carbonyl (C=O) groups excluding carboxylic acids is 1. The Balaban J connectivity index is 1.73. The zero-order valence-electron chi connectivity index (χ0n) is 19.9. The molecule has 6 nitrogen and oxygen atoms in total. The number of amides is 1. The summed E-state index contributed by atoms with van der Waals surface area (Å²) in [5.74, 6) is 0.320. The van der Waals surface area contributed by atoms with Crippen LogP contribution in [-0.4, -0.2) is 21.8 Å². The SMILES string of the molecule is C[C@H]1C[C@H](n2c(Nc3ccc(OC(F)(F)F)cc3)nc3cc(/C=C/C(N)=O)ccc32)CC(C)(C)C1. The quantitative estimate of drug-likeness (QED) is 0.387. The van der Waals surface area contributed by atoms with Gasteiger partial charge >= 0.3 is 6.36 Å². The molecule has 0 saturated heterocycles. The smallest absolute Gasteiger partial charge is 0.406 e. The summed E-state index contributed by atoms with van der Waals surface area (Å²) in [6.45, 7) is 6.80. The molecule has 2 aromatic carbocycles. The zero-order chi connectivity index (χ0) is 25.4. The Morgan fingerprint density at radius 1 is 1.20 bits per heavy atom. The molecule has 1 fully saturated rings. The van der Waals surface area contributed by atoms with Gasteiger partial charge in [-0.2, -0.15) is 0 Å². The minimum Gasteiger partial charge on any atom is -0.406 e. The van der Waals surface area contributed by atoms with Crippen molar-refractivity contribution >= 4 is 34.7 Å². The highest BCUT2D eigenvalue weighted by Crippen LogP contribution is 2.46. The van der Waals surface area contributed by atoms with Gasteiger partial charge in [-0.1, -0.05) is 26.8 Å². The third kappa shape index (κ3) is 6.15. The number of imidazole rings is 1. The van der Waals surface area contributed by atoms with E-state index in [1.807, 2.05) is 18.2 Å². The van der Waals surface area contributed by atoms with Crippen molar-refractivity contribution < 1.29 is 22.7 Å². The van der Waals surface area contributed by atoms with Crippen LogP contribution in [0.15, 0.2) is 48.5 Å². The molecule has 1 amide bonds. The summed E-state index contributed by atoms with van der Waals surface area (Å²) in [5, 5.41) is 3.28. The van der Waals surface area contributed by atoms with Crippen LogP contribution >= 0.6 is 0 Å². The number of ether oxygens (including phenoxy) is 1. The van der Waals surface area contributed by atoms with Crippen molar-refractivity contribution in [2.24, 2.45) is 17.1 Å². The maximum atomic E-state index is 12.5. The number of halogens is 3. The summed E-state index contributed by atoms with van der Waals surface area (Å²) >= 11 is 0. The fourth-order valence-corrected chi connectivity index (χ4v) is 5.22. The van der Waals surface area contributed by atoms with Crippen LogP contribution in [0.3, 0.4) is 0 Å². The number of alkyl halides is 3. The average Bonchev–Trinajstić information content (AvgIpc) is 3.08. The number of hydrogen-bond donors (Lipinski definition) is 2. The van der Waals surface area contributed by atoms with Gasteiger partial charge in [-0.3, -0.25) is 4.79 Å². The van der Waals surface area contributed by atoms with E-state index in [1.165, 1.54) is 30.3 Å². The molecule has 0 aliphatic heterocycles. The predicted octanol–water partition coefficient (Wildman–Crippen LogP) is 6.56. The topological polar surface area (TPSA) is 82.2 Å². The number of rotatable bonds is 6. The molecule has 1 saturated carbocycles. The maximum Gasteiger partial charge on any atom is 0.573 e. The van der Waals surface area contributed by atoms with E-state index < -0.39 is 12.3 Å². The van der Waals surface area contributed by atoms with Gasteiger partial charge in [0.25, 0.3) is 0 Å². The van der Waals surface area contributed by atoms with Crippen molar-refractivity contribution in [2.45, 2.75) is 52.4 Å². The van der Waals surface area contributed by atoms with Gasteiger partial charge in [0.15, 0.2) is 0 Å². The van der Waals surface area contributed by atoms with Crippen molar-refractivity contribution in [2.75, 3.05) is 5.32 Å². The van der Waals surface area contributed by atoms with Gasteiger partial charge < -0.3 is 20.4 Å². The van der Waals surface area contributed by atoms with Gasteiger partial charge in [-0.15, -0.1) is 13.2 Å². The molecule has 4 rings (SSSR count). The molecule has 0 spiro atoms. The number of nitrogens with two attached hydrogens (primary N) is 1. The van der Waals surface area contributed by atoms with E-state index in [4.69, 9.17) is 10.7 Å². The van der Waals surface area contributed by atoms with Crippen molar-refractivity contribution in [1.82, 2.24) is 9.55 Å². The van der Waals surface area contributed by atoms with Crippen molar-refractivity contribution in [3.8, 4) is 5.75 Å². The maximum absolute atomic E-state index is 12.5. The summed E-state index contributed by atoms with van der Waals surface area (Å²) in [7, 11) is 0. The fraction of sp³-hybridized carbons (Fsp3) is 0.385. The molecule has 1 aliphatic rings. The summed E-state index contributed by atoms with van der Waals surface area (Å²) in [5.41, 5.74) is 8.45. The van der Waals surface area contributed by atoms with Gasteiger partial charge in [0.1, 0.15) is 5.75 Å². The monoisotopic (exact) mass is 486 g/mol. The van der Waals surface area contributed by atoms with Crippen LogP contribution in [0.25, 0.3) is 17.1 Å². The number of nitrogens with one attached hydrogen (secondary N) is 1. The Kier molecular flexibility index (Phi) is 6.53. The Morgan fingerprint density at radius 3 is 2.54 bits per heavy atom. The highest BCUT2D eigenvalue weighted by Gasteiger charge is 2.35. The van der Waals surface area contributed by atoms with E-state index in [0.717, 1.165) is 35.9 Å². The van der Waals surface area contributed by atoms with E-state index in [9.17, 15) is 18.0 Å². The van der Waals surface area contributed by atoms with Crippen molar-refractivity contribution in [3.05, 3.63) is 54.1 Å². The van der Waals surface area contributed by atoms with Gasteiger partial charge in [0.2, 0.25) is 11.9 Å². The number of benzene rings is 2. The Morgan fingerprint density at radius 2 is 1.91 bits per heavy atom. The first-order chi connectivity index (χ1) is 16.4. The predicted molar refractivity (Wildman–Crippen MR) is 130 cm³/mol. The number of primary amides is 1. The Bertz CT molecular complexity index is 1250. The molecule has 0 bridgehead atoms. The van der Waals surface area contributed by atoms with E-state index >= 15 is 0 Å². The van der Waals surface area contributed by atoms with Crippen LogP contribution < -0.4 is 15.8 Å². The summed E-state index contributed by atoms with van der Waals surface area (Å²) in [4.78, 5) is 15.9. The summed E-state index contributed by atoms with van der Waals surface area (Å²) in [6, 6.07) is 11.5. The van der Waals surface area contributed by atoms with Crippen LogP contribution in [0.1, 0.15) is 51.6 Å². The molecular weight excluding hydrogens is 457 g/mol. The molecule has 0 radical (unpaired) electrons. The largest absolute Gasteiger partial charge is 0.573 e. The second-order valence-corrected chi connectivity index (χ2v) is 10.1. The van der Waals surface area contributed by atoms with Crippen molar-refractivity contribution in [3.63, 3.8) is 0 Å². The minimum atomic E-state index is -4.74. The highest BCUT2D eigenvalue weighted by molar-refractivity contribution is 5.91.